The van der Waals surface area contributed by atoms with Crippen LogP contribution in [0.5, 0.6) is 0 Å². The summed E-state index contributed by atoms with van der Waals surface area (Å²) in [4.78, 5) is 11.8. The molecule has 2 aromatic rings. The van der Waals surface area contributed by atoms with Crippen LogP contribution < -0.4 is 10.6 Å². The van der Waals surface area contributed by atoms with Crippen LogP contribution in [0.1, 0.15) is 29.5 Å². The van der Waals surface area contributed by atoms with Gasteiger partial charge in [0.2, 0.25) is 0 Å². The molecule has 0 saturated heterocycles. The molecule has 0 atom stereocenters. The number of carbonyl (C=O) groups is 1. The molecule has 0 aromatic heterocycles. The number of alkyl halides is 6. The topological polar surface area (TPSA) is 41.1 Å². The highest BCUT2D eigenvalue weighted by atomic mass is 19.4. The molecule has 0 heterocycles. The number of hydrogen-bond acceptors (Lipinski definition) is 1. The highest BCUT2D eigenvalue weighted by molar-refractivity contribution is 5.89. The first-order valence-corrected chi connectivity index (χ1v) is 8.54. The fourth-order valence-corrected chi connectivity index (χ4v) is 2.52. The van der Waals surface area contributed by atoms with Gasteiger partial charge in [-0.05, 0) is 42.2 Å². The summed E-state index contributed by atoms with van der Waals surface area (Å²) < 4.78 is 77.0. The molecule has 2 rings (SSSR count). The zero-order valence-electron chi connectivity index (χ0n) is 15.1. The molecule has 29 heavy (non-hydrogen) atoms. The lowest BCUT2D eigenvalue weighted by atomic mass is 10.0. The van der Waals surface area contributed by atoms with E-state index in [-0.39, 0.29) is 12.6 Å². The Hall–Kier alpha value is -2.97. The van der Waals surface area contributed by atoms with Gasteiger partial charge in [-0.25, -0.2) is 4.79 Å². The predicted octanol–water partition coefficient (Wildman–Crippen LogP) is 6.34. The number of urea groups is 1. The van der Waals surface area contributed by atoms with Crippen molar-refractivity contribution in [1.82, 2.24) is 5.32 Å². The molecule has 9 heteroatoms. The van der Waals surface area contributed by atoms with Gasteiger partial charge in [-0.2, -0.15) is 26.3 Å². The molecule has 3 nitrogen and oxygen atoms in total. The molecule has 0 saturated carbocycles. The third kappa shape index (κ3) is 6.85. The van der Waals surface area contributed by atoms with E-state index in [1.807, 2.05) is 35.6 Å². The van der Waals surface area contributed by atoms with Gasteiger partial charge in [-0.3, -0.25) is 0 Å². The van der Waals surface area contributed by atoms with Gasteiger partial charge < -0.3 is 10.6 Å². The van der Waals surface area contributed by atoms with Gasteiger partial charge in [-0.15, -0.1) is 0 Å². The van der Waals surface area contributed by atoms with Crippen LogP contribution in [-0.4, -0.2) is 12.6 Å². The molecule has 0 radical (unpaired) electrons. The Morgan fingerprint density at radius 3 is 1.97 bits per heavy atom. The van der Waals surface area contributed by atoms with Crippen LogP contribution in [0.25, 0.3) is 5.57 Å². The van der Waals surface area contributed by atoms with E-state index in [1.165, 1.54) is 0 Å². The molecule has 0 aliphatic rings. The highest BCUT2D eigenvalue weighted by Gasteiger charge is 2.37. The quantitative estimate of drug-likeness (QED) is 0.419. The van der Waals surface area contributed by atoms with E-state index in [9.17, 15) is 31.1 Å². The molecule has 2 amide bonds. The minimum Gasteiger partial charge on any atom is -0.338 e. The third-order valence-corrected chi connectivity index (χ3v) is 3.97. The number of rotatable bonds is 6. The zero-order chi connectivity index (χ0) is 21.7. The summed E-state index contributed by atoms with van der Waals surface area (Å²) in [6, 6.07) is 9.34. The Labute approximate surface area is 163 Å². The van der Waals surface area contributed by atoms with Gasteiger partial charge in [0, 0.05) is 12.2 Å². The Morgan fingerprint density at radius 1 is 0.897 bits per heavy atom. The Bertz CT molecular complexity index is 827. The predicted molar refractivity (Wildman–Crippen MR) is 98.2 cm³/mol. The second-order valence-electron chi connectivity index (χ2n) is 6.25. The first-order valence-electron chi connectivity index (χ1n) is 8.54. The minimum absolute atomic E-state index is 0.00171. The molecule has 0 fully saturated rings. The molecule has 2 N–H and O–H groups in total. The van der Waals surface area contributed by atoms with Crippen molar-refractivity contribution in [1.29, 1.82) is 0 Å². The SMILES string of the molecule is C=C(CCCNC(=O)Nc1cc(C(F)(F)F)cc(C(F)(F)F)c1)c1ccccc1. The van der Waals surface area contributed by atoms with E-state index < -0.39 is 35.2 Å². The highest BCUT2D eigenvalue weighted by Crippen LogP contribution is 2.37. The van der Waals surface area contributed by atoms with Gasteiger partial charge >= 0.3 is 18.4 Å². The maximum absolute atomic E-state index is 12.8. The van der Waals surface area contributed by atoms with Gasteiger partial charge in [0.1, 0.15) is 0 Å². The average molecular weight is 416 g/mol. The molecule has 2 aromatic carbocycles. The standard InChI is InChI=1S/C20H18F6N2O/c1-13(14-7-3-2-4-8-14)6-5-9-27-18(29)28-17-11-15(19(21,22)23)10-16(12-17)20(24,25)26/h2-4,7-8,10-12H,1,5-6,9H2,(H2,27,28,29). The van der Waals surface area contributed by atoms with Crippen molar-refractivity contribution in [2.75, 3.05) is 11.9 Å². The van der Waals surface area contributed by atoms with E-state index in [1.54, 1.807) is 0 Å². The van der Waals surface area contributed by atoms with Crippen molar-refractivity contribution >= 4 is 17.3 Å². The lowest BCUT2D eigenvalue weighted by molar-refractivity contribution is -0.143. The molecule has 0 spiro atoms. The monoisotopic (exact) mass is 416 g/mol. The lowest BCUT2D eigenvalue weighted by Gasteiger charge is -2.15. The summed E-state index contributed by atoms with van der Waals surface area (Å²) in [6.07, 6.45) is -8.90. The van der Waals surface area contributed by atoms with E-state index in [0.29, 0.717) is 25.0 Å². The van der Waals surface area contributed by atoms with Crippen LogP contribution in [0.4, 0.5) is 36.8 Å². The van der Waals surface area contributed by atoms with Crippen LogP contribution >= 0.6 is 0 Å². The molecule has 0 bridgehead atoms. The van der Waals surface area contributed by atoms with Gasteiger partial charge in [0.25, 0.3) is 0 Å². The molecule has 156 valence electrons. The molecule has 0 aliphatic carbocycles. The van der Waals surface area contributed by atoms with Crippen LogP contribution in [0.2, 0.25) is 0 Å². The number of halogens is 6. The smallest absolute Gasteiger partial charge is 0.338 e. The van der Waals surface area contributed by atoms with E-state index in [2.05, 4.69) is 11.9 Å². The fraction of sp³-hybridized carbons (Fsp3) is 0.250. The summed E-state index contributed by atoms with van der Waals surface area (Å²) in [6.45, 7) is 4.10. The van der Waals surface area contributed by atoms with Crippen LogP contribution in [0.3, 0.4) is 0 Å². The van der Waals surface area contributed by atoms with Crippen molar-refractivity contribution in [3.8, 4) is 0 Å². The van der Waals surface area contributed by atoms with Crippen LogP contribution in [0, 0.1) is 0 Å². The normalized spacial score (nSPS) is 11.8. The lowest BCUT2D eigenvalue weighted by Crippen LogP contribution is -2.29. The van der Waals surface area contributed by atoms with Crippen LogP contribution in [-0.2, 0) is 12.4 Å². The molecule has 0 unspecified atom stereocenters. The van der Waals surface area contributed by atoms with Gasteiger partial charge in [-0.1, -0.05) is 36.9 Å². The largest absolute Gasteiger partial charge is 0.416 e. The summed E-state index contributed by atoms with van der Waals surface area (Å²) in [5.41, 5.74) is -1.80. The van der Waals surface area contributed by atoms with Gasteiger partial charge in [0.05, 0.1) is 11.1 Å². The number of hydrogen-bond donors (Lipinski definition) is 2. The van der Waals surface area contributed by atoms with Gasteiger partial charge in [0.15, 0.2) is 0 Å². The number of amides is 2. The van der Waals surface area contributed by atoms with Crippen molar-refractivity contribution in [2.24, 2.45) is 0 Å². The summed E-state index contributed by atoms with van der Waals surface area (Å²) >= 11 is 0. The Morgan fingerprint density at radius 2 is 1.45 bits per heavy atom. The minimum atomic E-state index is -4.98. The average Bonchev–Trinajstić information content (AvgIpc) is 2.64. The fourth-order valence-electron chi connectivity index (χ4n) is 2.52. The number of anilines is 1. The maximum atomic E-state index is 12.8. The number of nitrogens with one attached hydrogen (secondary N) is 2. The van der Waals surface area contributed by atoms with E-state index >= 15 is 0 Å². The van der Waals surface area contributed by atoms with Crippen molar-refractivity contribution in [2.45, 2.75) is 25.2 Å². The number of benzene rings is 2. The molecule has 0 aliphatic heterocycles. The Kier molecular flexibility index (Phi) is 6.94. The van der Waals surface area contributed by atoms with Crippen molar-refractivity contribution < 1.29 is 31.1 Å². The summed E-state index contributed by atoms with van der Waals surface area (Å²) in [7, 11) is 0. The second kappa shape index (κ2) is 9.02. The van der Waals surface area contributed by atoms with Crippen molar-refractivity contribution in [3.05, 3.63) is 71.8 Å². The van der Waals surface area contributed by atoms with Crippen molar-refractivity contribution in [3.63, 3.8) is 0 Å². The third-order valence-electron chi connectivity index (χ3n) is 3.97. The van der Waals surface area contributed by atoms with E-state index in [4.69, 9.17) is 0 Å². The number of allylic oxidation sites excluding steroid dienone is 1. The Balaban J connectivity index is 1.93. The zero-order valence-corrected chi connectivity index (χ0v) is 15.1. The first kappa shape index (κ1) is 22.3. The summed E-state index contributed by atoms with van der Waals surface area (Å²) in [5, 5.41) is 4.41. The maximum Gasteiger partial charge on any atom is 0.416 e. The molecular formula is C20H18F6N2O. The van der Waals surface area contributed by atoms with E-state index in [0.717, 1.165) is 11.1 Å². The number of carbonyl (C=O) groups excluding carboxylic acids is 1. The second-order valence-corrected chi connectivity index (χ2v) is 6.25. The summed E-state index contributed by atoms with van der Waals surface area (Å²) in [5.74, 6) is 0. The molecular weight excluding hydrogens is 398 g/mol. The van der Waals surface area contributed by atoms with Crippen LogP contribution in [0.15, 0.2) is 55.1 Å². The first-order chi connectivity index (χ1) is 13.5.